The number of pyridine rings is 1. The molecule has 5 rings (SSSR count). The zero-order valence-corrected chi connectivity index (χ0v) is 16.0. The van der Waals surface area contributed by atoms with E-state index in [4.69, 9.17) is 24.4 Å². The molecule has 2 aliphatic rings. The molecule has 0 saturated heterocycles. The summed E-state index contributed by atoms with van der Waals surface area (Å²) in [6, 6.07) is 12.8. The largest absolute Gasteiger partial charge is 0.467 e. The molecule has 0 amide bonds. The summed E-state index contributed by atoms with van der Waals surface area (Å²) in [6.45, 7) is 2.20. The second-order valence-corrected chi connectivity index (χ2v) is 7.07. The van der Waals surface area contributed by atoms with Crippen LogP contribution in [0.1, 0.15) is 28.5 Å². The average molecular weight is 403 g/mol. The van der Waals surface area contributed by atoms with Gasteiger partial charge in [0.05, 0.1) is 24.3 Å². The number of furan rings is 1. The highest BCUT2D eigenvalue weighted by molar-refractivity contribution is 5.57. The van der Waals surface area contributed by atoms with Crippen LogP contribution < -0.4 is 25.5 Å². The molecule has 3 aromatic rings. The fourth-order valence-corrected chi connectivity index (χ4v) is 3.87. The van der Waals surface area contributed by atoms with Gasteiger partial charge >= 0.3 is 0 Å². The van der Waals surface area contributed by atoms with Crippen molar-refractivity contribution in [3.05, 3.63) is 87.1 Å². The van der Waals surface area contributed by atoms with Crippen LogP contribution >= 0.6 is 0 Å². The van der Waals surface area contributed by atoms with Crippen LogP contribution in [0.3, 0.4) is 0 Å². The fourth-order valence-electron chi connectivity index (χ4n) is 3.87. The Morgan fingerprint density at radius 3 is 2.80 bits per heavy atom. The number of allylic oxidation sites excluding steroid dienone is 1. The molecule has 0 radical (unpaired) electrons. The lowest BCUT2D eigenvalue weighted by Gasteiger charge is -2.27. The van der Waals surface area contributed by atoms with E-state index >= 15 is 0 Å². The number of nitrogens with zero attached hydrogens (tertiary/aromatic N) is 2. The van der Waals surface area contributed by atoms with E-state index in [1.54, 1.807) is 47.2 Å². The molecular weight excluding hydrogens is 386 g/mol. The second kappa shape index (κ2) is 6.74. The number of nitriles is 1. The standard InChI is InChI=1S/C22H17N3O5/c1-12-7-18-20(22(26)25(12)10-14-3-2-6-27-14)19(15(9-23)21(24)30-18)13-4-5-16-17(8-13)29-11-28-16/h2-8,19H,10-11,24H2,1H3/t19-/m1/s1. The van der Waals surface area contributed by atoms with Crippen molar-refractivity contribution in [3.8, 4) is 23.3 Å². The van der Waals surface area contributed by atoms with E-state index in [1.165, 1.54) is 0 Å². The second-order valence-electron chi connectivity index (χ2n) is 7.07. The van der Waals surface area contributed by atoms with Crippen molar-refractivity contribution in [2.75, 3.05) is 6.79 Å². The lowest BCUT2D eigenvalue weighted by Crippen LogP contribution is -2.33. The van der Waals surface area contributed by atoms with E-state index in [9.17, 15) is 10.1 Å². The van der Waals surface area contributed by atoms with Crippen LogP contribution in [-0.2, 0) is 6.54 Å². The summed E-state index contributed by atoms with van der Waals surface area (Å²) < 4.78 is 23.5. The normalized spacial score (nSPS) is 16.7. The highest BCUT2D eigenvalue weighted by Gasteiger charge is 2.35. The Kier molecular flexibility index (Phi) is 4.03. The Balaban J connectivity index is 1.71. The molecule has 30 heavy (non-hydrogen) atoms. The van der Waals surface area contributed by atoms with Gasteiger partial charge in [0.2, 0.25) is 12.7 Å². The molecule has 2 aliphatic heterocycles. The molecule has 0 spiro atoms. The Morgan fingerprint density at radius 1 is 1.20 bits per heavy atom. The summed E-state index contributed by atoms with van der Waals surface area (Å²) >= 11 is 0. The van der Waals surface area contributed by atoms with Crippen LogP contribution in [0.4, 0.5) is 0 Å². The minimum absolute atomic E-state index is 0.0183. The number of aryl methyl sites for hydroxylation is 1. The first kappa shape index (κ1) is 17.9. The molecule has 2 N–H and O–H groups in total. The Morgan fingerprint density at radius 2 is 2.03 bits per heavy atom. The molecule has 1 aromatic carbocycles. The topological polar surface area (TPSA) is 113 Å². The highest BCUT2D eigenvalue weighted by Crippen LogP contribution is 2.43. The Bertz CT molecular complexity index is 1280. The molecule has 0 unspecified atom stereocenters. The quantitative estimate of drug-likeness (QED) is 0.715. The van der Waals surface area contributed by atoms with E-state index in [0.29, 0.717) is 39.8 Å². The molecular formula is C22H17N3O5. The van der Waals surface area contributed by atoms with Gasteiger partial charge in [-0.25, -0.2) is 0 Å². The Labute approximate surface area is 171 Å². The first-order valence-electron chi connectivity index (χ1n) is 9.30. The number of hydrogen-bond acceptors (Lipinski definition) is 7. The summed E-state index contributed by atoms with van der Waals surface area (Å²) in [5, 5.41) is 9.79. The van der Waals surface area contributed by atoms with Crippen molar-refractivity contribution < 1.29 is 18.6 Å². The van der Waals surface area contributed by atoms with E-state index in [-0.39, 0.29) is 30.4 Å². The number of aromatic nitrogens is 1. The summed E-state index contributed by atoms with van der Waals surface area (Å²) in [6.07, 6.45) is 1.56. The van der Waals surface area contributed by atoms with Gasteiger partial charge < -0.3 is 28.9 Å². The minimum atomic E-state index is -0.691. The molecule has 4 heterocycles. The van der Waals surface area contributed by atoms with E-state index in [1.807, 2.05) is 6.92 Å². The van der Waals surface area contributed by atoms with Gasteiger partial charge in [0.1, 0.15) is 23.2 Å². The number of rotatable bonds is 3. The van der Waals surface area contributed by atoms with Crippen molar-refractivity contribution in [1.29, 1.82) is 5.26 Å². The average Bonchev–Trinajstić information content (AvgIpc) is 3.41. The summed E-state index contributed by atoms with van der Waals surface area (Å²) in [5.74, 6) is 1.44. The van der Waals surface area contributed by atoms with E-state index in [2.05, 4.69) is 6.07 Å². The van der Waals surface area contributed by atoms with E-state index < -0.39 is 5.92 Å². The van der Waals surface area contributed by atoms with Crippen LogP contribution in [0.2, 0.25) is 0 Å². The summed E-state index contributed by atoms with van der Waals surface area (Å²) in [5.41, 5.74) is 7.67. The van der Waals surface area contributed by atoms with Crippen LogP contribution in [0.5, 0.6) is 17.2 Å². The van der Waals surface area contributed by atoms with Crippen molar-refractivity contribution in [1.82, 2.24) is 4.57 Å². The molecule has 0 fully saturated rings. The molecule has 0 saturated carbocycles. The minimum Gasteiger partial charge on any atom is -0.467 e. The van der Waals surface area contributed by atoms with Gasteiger partial charge in [-0.1, -0.05) is 6.07 Å². The number of nitrogens with two attached hydrogens (primary N) is 1. The van der Waals surface area contributed by atoms with Gasteiger partial charge in [0.15, 0.2) is 11.5 Å². The van der Waals surface area contributed by atoms with Crippen LogP contribution in [0.15, 0.2) is 63.3 Å². The summed E-state index contributed by atoms with van der Waals surface area (Å²) in [7, 11) is 0. The van der Waals surface area contributed by atoms with Gasteiger partial charge in [0, 0.05) is 11.8 Å². The molecule has 0 aliphatic carbocycles. The maximum Gasteiger partial charge on any atom is 0.259 e. The van der Waals surface area contributed by atoms with Crippen molar-refractivity contribution in [2.45, 2.75) is 19.4 Å². The third kappa shape index (κ3) is 2.71. The van der Waals surface area contributed by atoms with Gasteiger partial charge in [-0.05, 0) is 36.8 Å². The first-order valence-corrected chi connectivity index (χ1v) is 9.30. The maximum absolute atomic E-state index is 13.6. The van der Waals surface area contributed by atoms with Crippen molar-refractivity contribution in [2.24, 2.45) is 5.73 Å². The summed E-state index contributed by atoms with van der Waals surface area (Å²) in [4.78, 5) is 13.6. The number of hydrogen-bond donors (Lipinski definition) is 1. The van der Waals surface area contributed by atoms with Gasteiger partial charge in [-0.2, -0.15) is 5.26 Å². The molecule has 150 valence electrons. The van der Waals surface area contributed by atoms with Crippen molar-refractivity contribution in [3.63, 3.8) is 0 Å². The van der Waals surface area contributed by atoms with Crippen molar-refractivity contribution >= 4 is 0 Å². The molecule has 1 atom stereocenters. The van der Waals surface area contributed by atoms with Crippen LogP contribution in [0, 0.1) is 18.3 Å². The smallest absolute Gasteiger partial charge is 0.259 e. The molecule has 0 bridgehead atoms. The first-order chi connectivity index (χ1) is 14.6. The monoisotopic (exact) mass is 403 g/mol. The molecule has 8 heteroatoms. The Hall–Kier alpha value is -4.12. The van der Waals surface area contributed by atoms with Gasteiger partial charge in [0.25, 0.3) is 5.56 Å². The molecule has 2 aromatic heterocycles. The predicted molar refractivity (Wildman–Crippen MR) is 105 cm³/mol. The molecule has 8 nitrogen and oxygen atoms in total. The number of benzene rings is 1. The zero-order chi connectivity index (χ0) is 20.8. The number of ether oxygens (including phenoxy) is 3. The lowest BCUT2D eigenvalue weighted by molar-refractivity contribution is 0.174. The maximum atomic E-state index is 13.6. The van der Waals surface area contributed by atoms with Crippen LogP contribution in [0.25, 0.3) is 0 Å². The predicted octanol–water partition coefficient (Wildman–Crippen LogP) is 2.74. The SMILES string of the molecule is Cc1cc2c(c(=O)n1Cc1ccco1)[C@H](c1ccc3c(c1)OCO3)C(C#N)=C(N)O2. The third-order valence-electron chi connectivity index (χ3n) is 5.31. The lowest BCUT2D eigenvalue weighted by atomic mass is 9.84. The highest BCUT2D eigenvalue weighted by atomic mass is 16.7. The zero-order valence-electron chi connectivity index (χ0n) is 16.0. The van der Waals surface area contributed by atoms with Gasteiger partial charge in [-0.15, -0.1) is 0 Å². The third-order valence-corrected chi connectivity index (χ3v) is 5.31. The fraction of sp³-hybridized carbons (Fsp3) is 0.182. The van der Waals surface area contributed by atoms with E-state index in [0.717, 1.165) is 0 Å². The number of fused-ring (bicyclic) bond motifs is 2. The van der Waals surface area contributed by atoms with Gasteiger partial charge in [-0.3, -0.25) is 4.79 Å². The van der Waals surface area contributed by atoms with Crippen LogP contribution in [-0.4, -0.2) is 11.4 Å².